The van der Waals surface area contributed by atoms with Crippen LogP contribution in [0.1, 0.15) is 17.7 Å². The number of carbonyl (C=O) groups excluding carboxylic acids is 1. The molecule has 0 bridgehead atoms. The van der Waals surface area contributed by atoms with Gasteiger partial charge in [0.25, 0.3) is 5.69 Å². The van der Waals surface area contributed by atoms with Crippen LogP contribution in [0.2, 0.25) is 5.02 Å². The van der Waals surface area contributed by atoms with Crippen molar-refractivity contribution in [1.82, 2.24) is 9.78 Å². The van der Waals surface area contributed by atoms with Crippen LogP contribution >= 0.6 is 34.2 Å². The van der Waals surface area contributed by atoms with E-state index in [1.54, 1.807) is 28.9 Å². The quantitative estimate of drug-likeness (QED) is 0.243. The molecule has 10 heteroatoms. The molecule has 0 unspecified atom stereocenters. The summed E-state index contributed by atoms with van der Waals surface area (Å²) in [4.78, 5) is 23.1. The van der Waals surface area contributed by atoms with Gasteiger partial charge >= 0.3 is 0 Å². The number of nitro groups is 1. The molecule has 0 spiro atoms. The molecule has 0 radical (unpaired) electrons. The molecule has 0 aliphatic rings. The van der Waals surface area contributed by atoms with Crippen molar-refractivity contribution in [3.05, 3.63) is 72.6 Å². The van der Waals surface area contributed by atoms with Crippen LogP contribution in [0, 0.1) is 27.5 Å². The average Bonchev–Trinajstić information content (AvgIpc) is 3.00. The first kappa shape index (κ1) is 22.0. The van der Waals surface area contributed by atoms with E-state index in [4.69, 9.17) is 16.3 Å². The Morgan fingerprint density at radius 3 is 2.70 bits per heavy atom. The second-order valence-electron chi connectivity index (χ2n) is 6.61. The van der Waals surface area contributed by atoms with Crippen LogP contribution in [0.4, 0.5) is 11.4 Å². The van der Waals surface area contributed by atoms with Crippen LogP contribution in [0.25, 0.3) is 0 Å². The SMILES string of the molecule is Cc1cc(Cl)ccc1Oc1cc(NC(=O)CCn2cc(I)c(C)n2)cc([N+](=O)[O-])c1. The van der Waals surface area contributed by atoms with Crippen LogP contribution < -0.4 is 10.1 Å². The first-order valence-electron chi connectivity index (χ1n) is 8.94. The average molecular weight is 541 g/mol. The Hall–Kier alpha value is -2.66. The number of hydrogen-bond donors (Lipinski definition) is 1. The van der Waals surface area contributed by atoms with Gasteiger partial charge in [-0.05, 0) is 60.2 Å². The number of ether oxygens (including phenoxy) is 1. The molecule has 30 heavy (non-hydrogen) atoms. The Morgan fingerprint density at radius 1 is 1.30 bits per heavy atom. The number of halogens is 2. The third kappa shape index (κ3) is 5.70. The number of non-ortho nitro benzene ring substituents is 1. The minimum absolute atomic E-state index is 0.173. The van der Waals surface area contributed by atoms with Gasteiger partial charge in [-0.2, -0.15) is 5.10 Å². The second kappa shape index (κ2) is 9.43. The molecule has 1 heterocycles. The highest BCUT2D eigenvalue weighted by Crippen LogP contribution is 2.32. The number of rotatable bonds is 7. The standard InChI is InChI=1S/C20H18ClIN4O4/c1-12-7-14(21)3-4-19(12)30-17-9-15(8-16(10-17)26(28)29)23-20(27)5-6-25-11-18(22)13(2)24-25/h3-4,7-11H,5-6H2,1-2H3,(H,23,27). The van der Waals surface area contributed by atoms with Crippen molar-refractivity contribution in [2.24, 2.45) is 0 Å². The summed E-state index contributed by atoms with van der Waals surface area (Å²) in [6.07, 6.45) is 2.03. The van der Waals surface area contributed by atoms with Gasteiger partial charge in [-0.3, -0.25) is 19.6 Å². The Kier molecular flexibility index (Phi) is 6.93. The van der Waals surface area contributed by atoms with Crippen molar-refractivity contribution in [3.8, 4) is 11.5 Å². The zero-order valence-corrected chi connectivity index (χ0v) is 19.1. The lowest BCUT2D eigenvalue weighted by molar-refractivity contribution is -0.384. The summed E-state index contributed by atoms with van der Waals surface area (Å²) in [5, 5.41) is 18.9. The number of amides is 1. The van der Waals surface area contributed by atoms with Gasteiger partial charge < -0.3 is 10.1 Å². The number of nitro benzene ring substituents is 1. The number of aryl methyl sites for hydroxylation is 3. The van der Waals surface area contributed by atoms with Crippen molar-refractivity contribution < 1.29 is 14.5 Å². The molecule has 8 nitrogen and oxygen atoms in total. The van der Waals surface area contributed by atoms with Gasteiger partial charge in [0.15, 0.2) is 0 Å². The minimum atomic E-state index is -0.536. The van der Waals surface area contributed by atoms with Gasteiger partial charge in [0.05, 0.1) is 25.9 Å². The predicted molar refractivity (Wildman–Crippen MR) is 122 cm³/mol. The van der Waals surface area contributed by atoms with E-state index in [0.29, 0.717) is 17.3 Å². The van der Waals surface area contributed by atoms with Gasteiger partial charge in [-0.25, -0.2) is 0 Å². The van der Waals surface area contributed by atoms with Crippen LogP contribution in [-0.4, -0.2) is 20.6 Å². The normalized spacial score (nSPS) is 10.7. The largest absolute Gasteiger partial charge is 0.457 e. The lowest BCUT2D eigenvalue weighted by atomic mass is 10.2. The van der Waals surface area contributed by atoms with Gasteiger partial charge in [0, 0.05) is 36.3 Å². The summed E-state index contributed by atoms with van der Waals surface area (Å²) in [5.41, 5.74) is 1.77. The summed E-state index contributed by atoms with van der Waals surface area (Å²) in [6, 6.07) is 9.22. The van der Waals surface area contributed by atoms with E-state index in [2.05, 4.69) is 33.0 Å². The second-order valence-corrected chi connectivity index (χ2v) is 8.21. The Balaban J connectivity index is 1.74. The molecule has 0 atom stereocenters. The zero-order valence-electron chi connectivity index (χ0n) is 16.2. The summed E-state index contributed by atoms with van der Waals surface area (Å²) >= 11 is 8.13. The number of anilines is 1. The highest BCUT2D eigenvalue weighted by Gasteiger charge is 2.14. The summed E-state index contributed by atoms with van der Waals surface area (Å²) in [7, 11) is 0. The maximum Gasteiger partial charge on any atom is 0.275 e. The van der Waals surface area contributed by atoms with Crippen LogP contribution in [0.15, 0.2) is 42.6 Å². The summed E-state index contributed by atoms with van der Waals surface area (Å²) in [5.74, 6) is 0.468. The molecule has 0 aliphatic carbocycles. The molecule has 0 aliphatic heterocycles. The molecule has 156 valence electrons. The van der Waals surface area contributed by atoms with E-state index in [9.17, 15) is 14.9 Å². The Labute approximate surface area is 191 Å². The number of benzene rings is 2. The number of hydrogen-bond acceptors (Lipinski definition) is 5. The summed E-state index contributed by atoms with van der Waals surface area (Å²) < 4.78 is 8.51. The van der Waals surface area contributed by atoms with Crippen molar-refractivity contribution in [2.75, 3.05) is 5.32 Å². The molecule has 1 amide bonds. The van der Waals surface area contributed by atoms with Crippen molar-refractivity contribution in [1.29, 1.82) is 0 Å². The van der Waals surface area contributed by atoms with Crippen LogP contribution in [0.3, 0.4) is 0 Å². The molecular weight excluding hydrogens is 523 g/mol. The van der Waals surface area contributed by atoms with E-state index in [1.807, 2.05) is 20.0 Å². The summed E-state index contributed by atoms with van der Waals surface area (Å²) in [6.45, 7) is 4.11. The lowest BCUT2D eigenvalue weighted by Gasteiger charge is -2.11. The number of nitrogens with zero attached hydrogens (tertiary/aromatic N) is 3. The van der Waals surface area contributed by atoms with Gasteiger partial charge in [0.2, 0.25) is 5.91 Å². The fourth-order valence-corrected chi connectivity index (χ4v) is 3.38. The van der Waals surface area contributed by atoms with E-state index >= 15 is 0 Å². The van der Waals surface area contributed by atoms with E-state index in [1.165, 1.54) is 12.1 Å². The van der Waals surface area contributed by atoms with Gasteiger partial charge in [0.1, 0.15) is 11.5 Å². The third-order valence-electron chi connectivity index (χ3n) is 4.21. The first-order chi connectivity index (χ1) is 14.2. The lowest BCUT2D eigenvalue weighted by Crippen LogP contribution is -2.15. The highest BCUT2D eigenvalue weighted by molar-refractivity contribution is 14.1. The molecule has 3 rings (SSSR count). The maximum atomic E-state index is 12.3. The highest BCUT2D eigenvalue weighted by atomic mass is 127. The third-order valence-corrected chi connectivity index (χ3v) is 5.50. The fourth-order valence-electron chi connectivity index (χ4n) is 2.72. The molecule has 0 saturated carbocycles. The van der Waals surface area contributed by atoms with Crippen molar-refractivity contribution >= 4 is 51.5 Å². The van der Waals surface area contributed by atoms with E-state index in [0.717, 1.165) is 14.8 Å². The molecule has 0 fully saturated rings. The Morgan fingerprint density at radius 2 is 2.07 bits per heavy atom. The smallest absolute Gasteiger partial charge is 0.275 e. The topological polar surface area (TPSA) is 99.3 Å². The van der Waals surface area contributed by atoms with Crippen LogP contribution in [0.5, 0.6) is 11.5 Å². The maximum absolute atomic E-state index is 12.3. The zero-order chi connectivity index (χ0) is 21.8. The molecule has 1 aromatic heterocycles. The molecular formula is C20H18ClIN4O4. The first-order valence-corrected chi connectivity index (χ1v) is 10.4. The molecule has 3 aromatic rings. The monoisotopic (exact) mass is 540 g/mol. The minimum Gasteiger partial charge on any atom is -0.457 e. The predicted octanol–water partition coefficient (Wildman–Crippen LogP) is 5.49. The molecule has 0 saturated heterocycles. The van der Waals surface area contributed by atoms with Gasteiger partial charge in [-0.1, -0.05) is 11.6 Å². The van der Waals surface area contributed by atoms with Gasteiger partial charge in [-0.15, -0.1) is 0 Å². The molecule has 1 N–H and O–H groups in total. The van der Waals surface area contributed by atoms with E-state index < -0.39 is 4.92 Å². The van der Waals surface area contributed by atoms with Crippen LogP contribution in [-0.2, 0) is 11.3 Å². The number of carbonyl (C=O) groups is 1. The molecule has 2 aromatic carbocycles. The number of aromatic nitrogens is 2. The fraction of sp³-hybridized carbons (Fsp3) is 0.200. The van der Waals surface area contributed by atoms with E-state index in [-0.39, 0.29) is 29.5 Å². The van der Waals surface area contributed by atoms with Crippen molar-refractivity contribution in [3.63, 3.8) is 0 Å². The number of nitrogens with one attached hydrogen (secondary N) is 1. The Bertz CT molecular complexity index is 1100. The van der Waals surface area contributed by atoms with Crippen molar-refractivity contribution in [2.45, 2.75) is 26.8 Å².